The van der Waals surface area contributed by atoms with E-state index >= 15 is 0 Å². The Morgan fingerprint density at radius 1 is 1.46 bits per heavy atom. The Kier molecular flexibility index (Phi) is 3.44. The number of hydrogen-bond donors (Lipinski definition) is 0. The van der Waals surface area contributed by atoms with E-state index in [1.54, 1.807) is 6.08 Å². The van der Waals surface area contributed by atoms with Crippen LogP contribution in [0, 0.1) is 0 Å². The Labute approximate surface area is 79.9 Å². The Hall–Kier alpha value is -1.37. The van der Waals surface area contributed by atoms with Gasteiger partial charge in [-0.05, 0) is 31.6 Å². The molecule has 0 aliphatic heterocycles. The summed E-state index contributed by atoms with van der Waals surface area (Å²) in [6, 6.07) is 0. The van der Waals surface area contributed by atoms with Crippen LogP contribution in [0.1, 0.15) is 13.8 Å². The van der Waals surface area contributed by atoms with Gasteiger partial charge in [0, 0.05) is 6.54 Å². The van der Waals surface area contributed by atoms with E-state index in [2.05, 4.69) is 30.6 Å². The summed E-state index contributed by atoms with van der Waals surface area (Å²) in [6.07, 6.45) is 10.0. The lowest BCUT2D eigenvalue weighted by Crippen LogP contribution is -2.02. The first-order valence-corrected chi connectivity index (χ1v) is 4.52. The van der Waals surface area contributed by atoms with Gasteiger partial charge in [0.15, 0.2) is 0 Å². The molecule has 68 valence electrons. The van der Waals surface area contributed by atoms with Crippen molar-refractivity contribution in [2.24, 2.45) is 4.99 Å². The molecule has 0 radical (unpaired) electrons. The minimum Gasteiger partial charge on any atom is -0.285 e. The van der Waals surface area contributed by atoms with Crippen LogP contribution in [-0.2, 0) is 0 Å². The first-order valence-electron chi connectivity index (χ1n) is 4.52. The highest BCUT2D eigenvalue weighted by atomic mass is 14.7. The molecular formula is C12H15N. The fraction of sp³-hybridized carbons (Fsp3) is 0.250. The van der Waals surface area contributed by atoms with E-state index in [9.17, 15) is 0 Å². The van der Waals surface area contributed by atoms with Crippen molar-refractivity contribution >= 4 is 5.71 Å². The Bertz CT molecular complexity index is 314. The third-order valence-electron chi connectivity index (χ3n) is 1.81. The number of aliphatic imine (C=N–C) groups is 1. The van der Waals surface area contributed by atoms with Gasteiger partial charge in [-0.2, -0.15) is 0 Å². The van der Waals surface area contributed by atoms with Crippen molar-refractivity contribution < 1.29 is 0 Å². The molecular weight excluding hydrogens is 158 g/mol. The van der Waals surface area contributed by atoms with Crippen molar-refractivity contribution in [1.29, 1.82) is 0 Å². The summed E-state index contributed by atoms with van der Waals surface area (Å²) in [7, 11) is 0. The minimum atomic E-state index is 0.820. The van der Waals surface area contributed by atoms with Crippen molar-refractivity contribution in [3.8, 4) is 0 Å². The second-order valence-electron chi connectivity index (χ2n) is 2.94. The number of rotatable bonds is 2. The minimum absolute atomic E-state index is 0.820. The normalized spacial score (nSPS) is 22.2. The van der Waals surface area contributed by atoms with Crippen LogP contribution in [0.4, 0.5) is 0 Å². The molecule has 1 aliphatic rings. The number of nitrogens with zero attached hydrogens (tertiary/aromatic N) is 1. The zero-order chi connectivity index (χ0) is 9.68. The molecule has 0 bridgehead atoms. The van der Waals surface area contributed by atoms with Gasteiger partial charge in [-0.1, -0.05) is 30.4 Å². The quantitative estimate of drug-likeness (QED) is 0.608. The van der Waals surface area contributed by atoms with Gasteiger partial charge in [-0.25, -0.2) is 0 Å². The summed E-state index contributed by atoms with van der Waals surface area (Å²) in [6.45, 7) is 8.63. The molecule has 0 unspecified atom stereocenters. The predicted octanol–water partition coefficient (Wildman–Crippen LogP) is 3.08. The molecule has 13 heavy (non-hydrogen) atoms. The van der Waals surface area contributed by atoms with Crippen LogP contribution in [-0.4, -0.2) is 12.3 Å². The molecule has 0 amide bonds. The molecule has 1 heteroatoms. The maximum Gasteiger partial charge on any atom is 0.0646 e. The van der Waals surface area contributed by atoms with Crippen molar-refractivity contribution in [2.75, 3.05) is 6.54 Å². The highest BCUT2D eigenvalue weighted by Gasteiger charge is 2.04. The Morgan fingerprint density at radius 2 is 2.23 bits per heavy atom. The molecule has 0 atom stereocenters. The fourth-order valence-electron chi connectivity index (χ4n) is 1.25. The van der Waals surface area contributed by atoms with Gasteiger partial charge in [-0.3, -0.25) is 4.99 Å². The van der Waals surface area contributed by atoms with Crippen LogP contribution in [0.15, 0.2) is 53.1 Å². The first kappa shape index (κ1) is 9.72. The van der Waals surface area contributed by atoms with Crippen molar-refractivity contribution in [3.63, 3.8) is 0 Å². The molecule has 0 spiro atoms. The largest absolute Gasteiger partial charge is 0.285 e. The van der Waals surface area contributed by atoms with Crippen LogP contribution >= 0.6 is 0 Å². The smallest absolute Gasteiger partial charge is 0.0646 e. The second-order valence-corrected chi connectivity index (χ2v) is 2.94. The Morgan fingerprint density at radius 3 is 2.85 bits per heavy atom. The van der Waals surface area contributed by atoms with Gasteiger partial charge < -0.3 is 0 Å². The molecule has 0 N–H and O–H groups in total. The molecule has 0 heterocycles. The van der Waals surface area contributed by atoms with Gasteiger partial charge >= 0.3 is 0 Å². The van der Waals surface area contributed by atoms with Gasteiger partial charge in [0.1, 0.15) is 0 Å². The molecule has 0 aromatic carbocycles. The van der Waals surface area contributed by atoms with Gasteiger partial charge in [-0.15, -0.1) is 0 Å². The standard InChI is InChI=1S/C12H15N/c1-4-6-11-9-10(3)7-8-12(11)13-5-2/h4,6-9H,1,5H2,2-3H3/b11-6-,13-12?. The van der Waals surface area contributed by atoms with Gasteiger partial charge in [0.25, 0.3) is 0 Å². The summed E-state index contributed by atoms with van der Waals surface area (Å²) in [5.41, 5.74) is 3.45. The lowest BCUT2D eigenvalue weighted by Gasteiger charge is -2.08. The highest BCUT2D eigenvalue weighted by molar-refractivity contribution is 6.12. The van der Waals surface area contributed by atoms with Crippen LogP contribution in [0.3, 0.4) is 0 Å². The lowest BCUT2D eigenvalue weighted by atomic mass is 10.0. The first-order chi connectivity index (χ1) is 6.27. The molecule has 1 rings (SSSR count). The lowest BCUT2D eigenvalue weighted by molar-refractivity contribution is 1.13. The average molecular weight is 173 g/mol. The van der Waals surface area contributed by atoms with E-state index in [0.717, 1.165) is 17.8 Å². The monoisotopic (exact) mass is 173 g/mol. The van der Waals surface area contributed by atoms with Crippen molar-refractivity contribution in [3.05, 3.63) is 48.1 Å². The topological polar surface area (TPSA) is 12.4 Å². The van der Waals surface area contributed by atoms with E-state index < -0.39 is 0 Å². The maximum absolute atomic E-state index is 4.39. The maximum atomic E-state index is 4.39. The summed E-state index contributed by atoms with van der Waals surface area (Å²) in [5.74, 6) is 0. The SMILES string of the molecule is C=C/C=C1/C=C(C)C=CC1=NCC. The van der Waals surface area contributed by atoms with E-state index in [1.165, 1.54) is 5.57 Å². The molecule has 0 aromatic rings. The fourth-order valence-corrected chi connectivity index (χ4v) is 1.25. The van der Waals surface area contributed by atoms with E-state index in [4.69, 9.17) is 0 Å². The molecule has 0 saturated carbocycles. The summed E-state index contributed by atoms with van der Waals surface area (Å²) in [5, 5.41) is 0. The molecule has 0 aromatic heterocycles. The van der Waals surface area contributed by atoms with Crippen LogP contribution in [0.25, 0.3) is 0 Å². The second kappa shape index (κ2) is 4.61. The summed E-state index contributed by atoms with van der Waals surface area (Å²) >= 11 is 0. The predicted molar refractivity (Wildman–Crippen MR) is 59.2 cm³/mol. The number of hydrogen-bond acceptors (Lipinski definition) is 1. The zero-order valence-corrected chi connectivity index (χ0v) is 8.25. The third-order valence-corrected chi connectivity index (χ3v) is 1.81. The van der Waals surface area contributed by atoms with Crippen molar-refractivity contribution in [1.82, 2.24) is 0 Å². The number of allylic oxidation sites excluding steroid dienone is 7. The van der Waals surface area contributed by atoms with Crippen molar-refractivity contribution in [2.45, 2.75) is 13.8 Å². The van der Waals surface area contributed by atoms with E-state index in [1.807, 2.05) is 19.1 Å². The summed E-state index contributed by atoms with van der Waals surface area (Å²) < 4.78 is 0. The average Bonchev–Trinajstić information content (AvgIpc) is 2.10. The molecule has 1 aliphatic carbocycles. The molecule has 0 fully saturated rings. The van der Waals surface area contributed by atoms with E-state index in [-0.39, 0.29) is 0 Å². The van der Waals surface area contributed by atoms with Crippen LogP contribution in [0.5, 0.6) is 0 Å². The van der Waals surface area contributed by atoms with E-state index in [0.29, 0.717) is 0 Å². The molecule has 0 saturated heterocycles. The molecule has 1 nitrogen and oxygen atoms in total. The zero-order valence-electron chi connectivity index (χ0n) is 8.25. The van der Waals surface area contributed by atoms with Crippen LogP contribution in [0.2, 0.25) is 0 Å². The summed E-state index contributed by atoms with van der Waals surface area (Å²) in [4.78, 5) is 4.39. The Balaban J connectivity index is 3.01. The van der Waals surface area contributed by atoms with Gasteiger partial charge in [0.05, 0.1) is 5.71 Å². The highest BCUT2D eigenvalue weighted by Crippen LogP contribution is 2.13. The van der Waals surface area contributed by atoms with Crippen LogP contribution < -0.4 is 0 Å². The third kappa shape index (κ3) is 2.55. The van der Waals surface area contributed by atoms with Gasteiger partial charge in [0.2, 0.25) is 0 Å².